The Hall–Kier alpha value is -0.591. The molecule has 0 fully saturated rings. The summed E-state index contributed by atoms with van der Waals surface area (Å²) in [4.78, 5) is 4.54. The second-order valence-electron chi connectivity index (χ2n) is 5.95. The summed E-state index contributed by atoms with van der Waals surface area (Å²) in [5.74, 6) is 0.901. The molecule has 5 heteroatoms. The monoisotopic (exact) mass is 410 g/mol. The zero-order valence-electron chi connectivity index (χ0n) is 13.1. The summed E-state index contributed by atoms with van der Waals surface area (Å²) in [6.45, 7) is 8.75. The molecule has 1 aromatic carbocycles. The molecule has 21 heavy (non-hydrogen) atoms. The van der Waals surface area contributed by atoms with Crippen molar-refractivity contribution in [2.45, 2.75) is 37.3 Å². The molecule has 2 radical (unpaired) electrons. The molecular formula is C16H22N2OSSn. The molecule has 0 atom stereocenters. The van der Waals surface area contributed by atoms with Crippen LogP contribution < -0.4 is 12.9 Å². The number of thiazole rings is 1. The van der Waals surface area contributed by atoms with E-state index in [0.29, 0.717) is 3.43 Å². The van der Waals surface area contributed by atoms with Crippen LogP contribution in [0.5, 0.6) is 5.75 Å². The van der Waals surface area contributed by atoms with E-state index in [0.717, 1.165) is 18.8 Å². The number of methoxy groups -OCH3 is 1. The molecule has 1 N–H and O–H groups in total. The Morgan fingerprint density at radius 2 is 1.90 bits per heavy atom. The topological polar surface area (TPSA) is 34.1 Å². The van der Waals surface area contributed by atoms with E-state index in [1.54, 1.807) is 10.0 Å². The van der Waals surface area contributed by atoms with E-state index in [-0.39, 0.29) is 0 Å². The molecule has 0 aliphatic heterocycles. The van der Waals surface area contributed by atoms with Gasteiger partial charge in [-0.2, -0.15) is 0 Å². The van der Waals surface area contributed by atoms with Gasteiger partial charge in [-0.25, -0.2) is 0 Å². The quantitative estimate of drug-likeness (QED) is 0.746. The van der Waals surface area contributed by atoms with Crippen molar-refractivity contribution in [2.24, 2.45) is 0 Å². The van der Waals surface area contributed by atoms with E-state index in [2.05, 4.69) is 43.2 Å². The zero-order valence-corrected chi connectivity index (χ0v) is 16.7. The maximum atomic E-state index is 5.17. The third-order valence-corrected chi connectivity index (χ3v) is 8.90. The van der Waals surface area contributed by atoms with Crippen molar-refractivity contribution < 1.29 is 4.74 Å². The van der Waals surface area contributed by atoms with Gasteiger partial charge in [0.15, 0.2) is 0 Å². The first-order chi connectivity index (χ1) is 9.98. The van der Waals surface area contributed by atoms with Crippen LogP contribution in [0.4, 0.5) is 0 Å². The van der Waals surface area contributed by atoms with Gasteiger partial charge >= 0.3 is 142 Å². The van der Waals surface area contributed by atoms with Crippen molar-refractivity contribution in [1.29, 1.82) is 0 Å². The van der Waals surface area contributed by atoms with Crippen LogP contribution in [0.1, 0.15) is 32.0 Å². The number of hydrogen-bond donors (Lipinski definition) is 1. The van der Waals surface area contributed by atoms with Gasteiger partial charge in [0.05, 0.1) is 0 Å². The van der Waals surface area contributed by atoms with Crippen LogP contribution in [0.15, 0.2) is 29.8 Å². The Morgan fingerprint density at radius 3 is 2.52 bits per heavy atom. The third kappa shape index (κ3) is 5.60. The second kappa shape index (κ2) is 7.60. The van der Waals surface area contributed by atoms with Gasteiger partial charge in [0.1, 0.15) is 0 Å². The predicted molar refractivity (Wildman–Crippen MR) is 90.8 cm³/mol. The van der Waals surface area contributed by atoms with Crippen LogP contribution in [0, 0.1) is 0 Å². The van der Waals surface area contributed by atoms with Crippen LogP contribution in [0.3, 0.4) is 0 Å². The molecule has 0 saturated heterocycles. The summed E-state index contributed by atoms with van der Waals surface area (Å²) >= 11 is 1.28. The van der Waals surface area contributed by atoms with E-state index in [4.69, 9.17) is 4.74 Å². The van der Waals surface area contributed by atoms with Crippen molar-refractivity contribution in [3.63, 3.8) is 0 Å². The molecule has 0 amide bonds. The SMILES string of the molecule is COc1ccc(CNCc2ncs[c]2[Sn][C](C)(C)C)cc1. The molecule has 1 heterocycles. The van der Waals surface area contributed by atoms with Crippen LogP contribution in [0.2, 0.25) is 3.43 Å². The van der Waals surface area contributed by atoms with Gasteiger partial charge in [0, 0.05) is 0 Å². The Bertz CT molecular complexity index is 560. The van der Waals surface area contributed by atoms with Gasteiger partial charge in [-0.05, 0) is 0 Å². The van der Waals surface area contributed by atoms with Gasteiger partial charge in [-0.3, -0.25) is 0 Å². The third-order valence-electron chi connectivity index (χ3n) is 2.91. The van der Waals surface area contributed by atoms with E-state index in [1.807, 2.05) is 29.0 Å². The Balaban J connectivity index is 1.87. The minimum absolute atomic E-state index is 0.473. The van der Waals surface area contributed by atoms with Crippen LogP contribution in [-0.4, -0.2) is 33.2 Å². The van der Waals surface area contributed by atoms with Crippen LogP contribution >= 0.6 is 11.3 Å². The fraction of sp³-hybridized carbons (Fsp3) is 0.438. The summed E-state index contributed by atoms with van der Waals surface area (Å²) in [7, 11) is 1.69. The number of ether oxygens (including phenoxy) is 1. The first-order valence-corrected chi connectivity index (χ1v) is 10.8. The zero-order chi connectivity index (χ0) is 15.3. The number of nitrogens with zero attached hydrogens (tertiary/aromatic N) is 1. The average Bonchev–Trinajstić information content (AvgIpc) is 2.85. The first kappa shape index (κ1) is 16.8. The molecule has 1 aromatic heterocycles. The van der Waals surface area contributed by atoms with E-state index in [9.17, 15) is 0 Å². The molecule has 0 saturated carbocycles. The molecule has 112 valence electrons. The van der Waals surface area contributed by atoms with Gasteiger partial charge in [-0.15, -0.1) is 0 Å². The van der Waals surface area contributed by atoms with E-state index < -0.39 is 21.1 Å². The summed E-state index contributed by atoms with van der Waals surface area (Å²) < 4.78 is 7.21. The summed E-state index contributed by atoms with van der Waals surface area (Å²) in [6, 6.07) is 8.19. The van der Waals surface area contributed by atoms with Gasteiger partial charge in [0.2, 0.25) is 0 Å². The number of nitrogens with one attached hydrogen (secondary N) is 1. The van der Waals surface area contributed by atoms with Gasteiger partial charge < -0.3 is 0 Å². The summed E-state index contributed by atoms with van der Waals surface area (Å²) in [5.41, 5.74) is 4.52. The predicted octanol–water partition coefficient (Wildman–Crippen LogP) is 2.99. The molecule has 0 bridgehead atoms. The molecule has 0 aliphatic carbocycles. The maximum absolute atomic E-state index is 5.17. The molecule has 2 aromatic rings. The molecule has 0 spiro atoms. The second-order valence-corrected chi connectivity index (χ2v) is 14.3. The minimum atomic E-state index is -0.560. The number of hydrogen-bond acceptors (Lipinski definition) is 4. The van der Waals surface area contributed by atoms with Gasteiger partial charge in [0.25, 0.3) is 0 Å². The van der Waals surface area contributed by atoms with Crippen molar-refractivity contribution in [2.75, 3.05) is 7.11 Å². The number of benzene rings is 1. The fourth-order valence-electron chi connectivity index (χ4n) is 1.91. The fourth-order valence-corrected chi connectivity index (χ4v) is 8.31. The average molecular weight is 409 g/mol. The summed E-state index contributed by atoms with van der Waals surface area (Å²) in [6.07, 6.45) is 0. The van der Waals surface area contributed by atoms with Crippen molar-refractivity contribution in [3.8, 4) is 5.75 Å². The molecule has 2 rings (SSSR count). The first-order valence-electron chi connectivity index (χ1n) is 7.02. The Kier molecular flexibility index (Phi) is 6.07. The van der Waals surface area contributed by atoms with Gasteiger partial charge in [-0.1, -0.05) is 0 Å². The Morgan fingerprint density at radius 1 is 1.19 bits per heavy atom. The van der Waals surface area contributed by atoms with Crippen molar-refractivity contribution >= 4 is 35.4 Å². The molecular weight excluding hydrogens is 387 g/mol. The normalized spacial score (nSPS) is 11.6. The number of rotatable bonds is 6. The van der Waals surface area contributed by atoms with E-state index >= 15 is 0 Å². The summed E-state index contributed by atoms with van der Waals surface area (Å²) in [5, 5.41) is 3.50. The van der Waals surface area contributed by atoms with Crippen molar-refractivity contribution in [1.82, 2.24) is 10.3 Å². The van der Waals surface area contributed by atoms with Crippen LogP contribution in [-0.2, 0) is 13.1 Å². The molecule has 0 aliphatic rings. The molecule has 0 unspecified atom stereocenters. The molecule has 3 nitrogen and oxygen atoms in total. The standard InChI is InChI=1S/C12H13N2OS.C4H9.Sn/c1-15-12-4-2-10(3-5-12)6-13-7-11-8-16-9-14-11;1-4(2)3;/h2-5,9,13H,6-7H2,1H3;1-3H3;. The Labute approximate surface area is 141 Å². The van der Waals surface area contributed by atoms with Crippen LogP contribution in [0.25, 0.3) is 0 Å². The number of aromatic nitrogens is 1. The van der Waals surface area contributed by atoms with E-state index in [1.165, 1.54) is 11.3 Å². The van der Waals surface area contributed by atoms with Crippen molar-refractivity contribution in [3.05, 3.63) is 41.0 Å².